The van der Waals surface area contributed by atoms with E-state index in [1.807, 2.05) is 20.8 Å². The zero-order valence-electron chi connectivity index (χ0n) is 26.5. The Labute approximate surface area is 266 Å². The molecule has 1 aromatic carbocycles. The summed E-state index contributed by atoms with van der Waals surface area (Å²) in [6, 6.07) is 8.23. The summed E-state index contributed by atoms with van der Waals surface area (Å²) in [7, 11) is 0. The topological polar surface area (TPSA) is 127 Å². The summed E-state index contributed by atoms with van der Waals surface area (Å²) in [6.45, 7) is 8.28. The lowest BCUT2D eigenvalue weighted by Crippen LogP contribution is -2.50. The van der Waals surface area contributed by atoms with Crippen molar-refractivity contribution >= 4 is 34.8 Å². The van der Waals surface area contributed by atoms with Gasteiger partial charge in [0, 0.05) is 37.8 Å². The van der Waals surface area contributed by atoms with Crippen LogP contribution in [0.3, 0.4) is 0 Å². The Morgan fingerprint density at radius 2 is 1.65 bits per heavy atom. The highest BCUT2D eigenvalue weighted by Crippen LogP contribution is 2.30. The van der Waals surface area contributed by atoms with Crippen LogP contribution < -0.4 is 15.5 Å². The highest BCUT2D eigenvalue weighted by molar-refractivity contribution is 5.86. The summed E-state index contributed by atoms with van der Waals surface area (Å²) in [5.41, 5.74) is 0.376. The molecule has 0 radical (unpaired) electrons. The van der Waals surface area contributed by atoms with Crippen molar-refractivity contribution in [3.63, 3.8) is 0 Å². The maximum Gasteiger partial charge on any atom is 0.410 e. The Balaban J connectivity index is 1.15. The van der Waals surface area contributed by atoms with Crippen LogP contribution in [0.15, 0.2) is 30.3 Å². The Hall–Kier alpha value is -4.07. The molecule has 4 heterocycles. The fourth-order valence-electron chi connectivity index (χ4n) is 6.43. The zero-order valence-corrected chi connectivity index (χ0v) is 26.5. The van der Waals surface area contributed by atoms with Crippen LogP contribution >= 0.6 is 0 Å². The second-order valence-electron chi connectivity index (χ2n) is 13.1. The number of hydrogen-bond donors (Lipinski definition) is 2. The van der Waals surface area contributed by atoms with Crippen LogP contribution in [-0.4, -0.2) is 93.0 Å². The number of rotatable bonds is 7. The van der Waals surface area contributed by atoms with E-state index < -0.39 is 24.2 Å². The number of carbonyl (C=O) groups excluding carboxylic acids is 2. The number of nitrogens with zero attached hydrogens (tertiary/aromatic N) is 6. The molecule has 2 aromatic heterocycles. The van der Waals surface area contributed by atoms with Gasteiger partial charge in [0.05, 0.1) is 24.2 Å². The third-order valence-corrected chi connectivity index (χ3v) is 8.64. The predicted molar refractivity (Wildman–Crippen MR) is 168 cm³/mol. The molecule has 1 saturated carbocycles. The number of ether oxygens (including phenoxy) is 2. The molecule has 0 bridgehead atoms. The minimum atomic E-state index is -2.79. The van der Waals surface area contributed by atoms with Gasteiger partial charge in [0.2, 0.25) is 11.9 Å². The molecule has 2 amide bonds. The number of anilines is 2. The van der Waals surface area contributed by atoms with E-state index in [0.29, 0.717) is 67.9 Å². The molecule has 1 atom stereocenters. The zero-order chi connectivity index (χ0) is 32.4. The summed E-state index contributed by atoms with van der Waals surface area (Å²) in [5, 5.41) is 6.61. The Morgan fingerprint density at radius 3 is 2.37 bits per heavy atom. The molecular formula is C32H42F2N8O4. The summed E-state index contributed by atoms with van der Waals surface area (Å²) in [5.74, 6) is 0.773. The van der Waals surface area contributed by atoms with Gasteiger partial charge >= 0.3 is 6.09 Å². The molecule has 2 aliphatic heterocycles. The average molecular weight is 641 g/mol. The van der Waals surface area contributed by atoms with E-state index in [4.69, 9.17) is 19.4 Å². The Kier molecular flexibility index (Phi) is 9.25. The van der Waals surface area contributed by atoms with Crippen molar-refractivity contribution in [1.29, 1.82) is 0 Å². The number of imidazole rings is 1. The second-order valence-corrected chi connectivity index (χ2v) is 13.1. The molecule has 12 nitrogen and oxygen atoms in total. The third kappa shape index (κ3) is 7.16. The van der Waals surface area contributed by atoms with Crippen LogP contribution in [0, 0.1) is 0 Å². The number of carbonyl (C=O) groups is 2. The first kappa shape index (κ1) is 31.9. The predicted octanol–water partition coefficient (Wildman–Crippen LogP) is 4.83. The highest BCUT2D eigenvalue weighted by atomic mass is 19.3. The first-order chi connectivity index (χ1) is 22.1. The van der Waals surface area contributed by atoms with Gasteiger partial charge in [0.1, 0.15) is 23.3 Å². The van der Waals surface area contributed by atoms with Crippen molar-refractivity contribution in [3.8, 4) is 5.82 Å². The number of amides is 2. The number of para-hydroxylation sites is 2. The van der Waals surface area contributed by atoms with Crippen LogP contribution in [0.1, 0.15) is 71.5 Å². The summed E-state index contributed by atoms with van der Waals surface area (Å²) < 4.78 is 40.9. The van der Waals surface area contributed by atoms with Crippen molar-refractivity contribution in [1.82, 2.24) is 29.7 Å². The number of alkyl halides is 2. The largest absolute Gasteiger partial charge is 0.444 e. The fraction of sp³-hybridized carbons (Fsp3) is 0.594. The number of benzene rings is 1. The SMILES string of the molecule is CC(C)(C)OC(=O)N1CCC[C@@H]1C(=O)N[C@H]1CC[C@H](Nc2nc(N3CCOCC3)cc(-n3c(C(F)F)nc4ccccc43)n2)CC1. The molecule has 14 heteroatoms. The van der Waals surface area contributed by atoms with E-state index in [9.17, 15) is 18.4 Å². The number of aromatic nitrogens is 4. The van der Waals surface area contributed by atoms with Gasteiger partial charge in [-0.3, -0.25) is 14.3 Å². The number of nitrogens with one attached hydrogen (secondary N) is 2. The lowest BCUT2D eigenvalue weighted by atomic mass is 9.91. The van der Waals surface area contributed by atoms with Gasteiger partial charge in [0.15, 0.2) is 5.82 Å². The molecule has 3 fully saturated rings. The maximum absolute atomic E-state index is 14.2. The average Bonchev–Trinajstić information content (AvgIpc) is 3.68. The van der Waals surface area contributed by atoms with E-state index in [0.717, 1.165) is 32.1 Å². The van der Waals surface area contributed by atoms with Crippen molar-refractivity contribution in [2.45, 2.75) is 89.4 Å². The fourth-order valence-corrected chi connectivity index (χ4v) is 6.43. The monoisotopic (exact) mass is 640 g/mol. The summed E-state index contributed by atoms with van der Waals surface area (Å²) in [6.07, 6.45) is 1.09. The molecule has 248 valence electrons. The van der Waals surface area contributed by atoms with Gasteiger partial charge in [-0.1, -0.05) is 12.1 Å². The highest BCUT2D eigenvalue weighted by Gasteiger charge is 2.37. The van der Waals surface area contributed by atoms with E-state index >= 15 is 0 Å². The molecule has 2 N–H and O–H groups in total. The van der Waals surface area contributed by atoms with Gasteiger partial charge in [-0.15, -0.1) is 0 Å². The number of hydrogen-bond acceptors (Lipinski definition) is 9. The van der Waals surface area contributed by atoms with Crippen molar-refractivity contribution in [3.05, 3.63) is 36.2 Å². The van der Waals surface area contributed by atoms with Gasteiger partial charge in [0.25, 0.3) is 6.43 Å². The first-order valence-electron chi connectivity index (χ1n) is 16.1. The van der Waals surface area contributed by atoms with Gasteiger partial charge in [-0.2, -0.15) is 9.97 Å². The third-order valence-electron chi connectivity index (χ3n) is 8.64. The number of fused-ring (bicyclic) bond motifs is 1. The van der Waals surface area contributed by atoms with Crippen molar-refractivity contribution in [2.24, 2.45) is 0 Å². The Morgan fingerprint density at radius 1 is 0.957 bits per heavy atom. The maximum atomic E-state index is 14.2. The Bertz CT molecular complexity index is 1550. The van der Waals surface area contributed by atoms with E-state index in [-0.39, 0.29) is 23.8 Å². The molecule has 1 aliphatic carbocycles. The molecule has 2 saturated heterocycles. The quantitative estimate of drug-likeness (QED) is 0.374. The molecule has 6 rings (SSSR count). The normalized spacial score (nSPS) is 22.3. The van der Waals surface area contributed by atoms with E-state index in [2.05, 4.69) is 20.5 Å². The standard InChI is InChI=1S/C32H42F2N8O4/c1-32(2,3)46-31(44)41-14-6-9-24(41)29(43)35-20-10-12-21(13-11-20)36-30-38-25(40-15-17-45-18-16-40)19-26(39-30)42-23-8-5-4-7-22(23)37-28(42)27(33)34/h4-5,7-8,19-21,24,27H,6,9-18H2,1-3H3,(H,35,43)(H,36,38,39)/t20-,21-,24-/m1/s1. The van der Waals surface area contributed by atoms with Crippen molar-refractivity contribution in [2.75, 3.05) is 43.1 Å². The summed E-state index contributed by atoms with van der Waals surface area (Å²) >= 11 is 0. The number of morpholine rings is 1. The molecular weight excluding hydrogens is 598 g/mol. The van der Waals surface area contributed by atoms with Crippen LogP contribution in [0.5, 0.6) is 0 Å². The van der Waals surface area contributed by atoms with Crippen molar-refractivity contribution < 1.29 is 27.8 Å². The molecule has 46 heavy (non-hydrogen) atoms. The first-order valence-corrected chi connectivity index (χ1v) is 16.1. The van der Waals surface area contributed by atoms with Crippen LogP contribution in [0.4, 0.5) is 25.3 Å². The van der Waals surface area contributed by atoms with Crippen LogP contribution in [0.2, 0.25) is 0 Å². The number of halogens is 2. The van der Waals surface area contributed by atoms with E-state index in [1.54, 1.807) is 30.3 Å². The van der Waals surface area contributed by atoms with Crippen LogP contribution in [-0.2, 0) is 14.3 Å². The molecule has 0 unspecified atom stereocenters. The lowest BCUT2D eigenvalue weighted by molar-refractivity contribution is -0.126. The lowest BCUT2D eigenvalue weighted by Gasteiger charge is -2.32. The van der Waals surface area contributed by atoms with Gasteiger partial charge in [-0.25, -0.2) is 18.6 Å². The van der Waals surface area contributed by atoms with Gasteiger partial charge in [-0.05, 0) is 71.4 Å². The summed E-state index contributed by atoms with van der Waals surface area (Å²) in [4.78, 5) is 43.2. The second kappa shape index (κ2) is 13.3. The number of likely N-dealkylation sites (tertiary alicyclic amines) is 1. The minimum Gasteiger partial charge on any atom is -0.444 e. The smallest absolute Gasteiger partial charge is 0.410 e. The minimum absolute atomic E-state index is 0.0197. The van der Waals surface area contributed by atoms with Crippen LogP contribution in [0.25, 0.3) is 16.9 Å². The molecule has 3 aromatic rings. The van der Waals surface area contributed by atoms with Gasteiger partial charge < -0.3 is 25.0 Å². The van der Waals surface area contributed by atoms with E-state index in [1.165, 1.54) is 9.47 Å². The molecule has 3 aliphatic rings. The molecule has 0 spiro atoms.